The number of methoxy groups -OCH3 is 1. The first-order chi connectivity index (χ1) is 14.7. The first kappa shape index (κ1) is 19.3. The molecule has 0 amide bonds. The molecule has 5 aliphatic carbocycles. The van der Waals surface area contributed by atoms with E-state index in [1.807, 2.05) is 0 Å². The maximum Gasteiger partial charge on any atom is 0.187 e. The highest BCUT2D eigenvalue weighted by Gasteiger charge is 2.51. The van der Waals surface area contributed by atoms with Gasteiger partial charge in [-0.05, 0) is 98.6 Å². The van der Waals surface area contributed by atoms with Crippen molar-refractivity contribution in [1.82, 2.24) is 5.16 Å². The Morgan fingerprint density at radius 1 is 1.13 bits per heavy atom. The molecule has 1 aromatic carbocycles. The molecule has 0 aliphatic heterocycles. The second kappa shape index (κ2) is 7.63. The topological polar surface area (TPSA) is 56.5 Å². The van der Waals surface area contributed by atoms with Crippen molar-refractivity contribution < 1.29 is 14.0 Å². The van der Waals surface area contributed by atoms with Crippen molar-refractivity contribution in [3.05, 3.63) is 17.7 Å². The van der Waals surface area contributed by atoms with Gasteiger partial charge in [0.15, 0.2) is 11.4 Å². The van der Waals surface area contributed by atoms with Crippen molar-refractivity contribution in [2.45, 2.75) is 57.3 Å². The van der Waals surface area contributed by atoms with E-state index in [2.05, 4.69) is 22.0 Å². The zero-order valence-electron chi connectivity index (χ0n) is 17.8. The molecule has 4 bridgehead atoms. The normalized spacial score (nSPS) is 32.1. The van der Waals surface area contributed by atoms with Crippen LogP contribution in [0.15, 0.2) is 16.7 Å². The fraction of sp³-hybridized carbons (Fsp3) is 0.708. The molecule has 6 heteroatoms. The minimum Gasteiger partial charge on any atom is -0.493 e. The molecule has 5 fully saturated rings. The van der Waals surface area contributed by atoms with Crippen molar-refractivity contribution in [2.75, 3.05) is 30.8 Å². The number of hydrogen-bond acceptors (Lipinski definition) is 6. The van der Waals surface area contributed by atoms with E-state index in [0.29, 0.717) is 17.9 Å². The van der Waals surface area contributed by atoms with Gasteiger partial charge in [-0.3, -0.25) is 0 Å². The zero-order chi connectivity index (χ0) is 20.1. The van der Waals surface area contributed by atoms with Crippen LogP contribution in [0.2, 0.25) is 0 Å². The second-order valence-electron chi connectivity index (χ2n) is 10.3. The molecule has 1 heterocycles. The summed E-state index contributed by atoms with van der Waals surface area (Å²) in [6.45, 7) is 1.59. The quantitative estimate of drug-likeness (QED) is 0.390. The number of ether oxygens (including phenoxy) is 2. The van der Waals surface area contributed by atoms with Crippen LogP contribution in [-0.4, -0.2) is 31.2 Å². The van der Waals surface area contributed by atoms with Gasteiger partial charge in [0.25, 0.3) is 0 Å². The second-order valence-corrected chi connectivity index (χ2v) is 11.2. The fourth-order valence-corrected chi connectivity index (χ4v) is 7.47. The third-order valence-electron chi connectivity index (χ3n) is 7.88. The minimum atomic E-state index is 0.427. The summed E-state index contributed by atoms with van der Waals surface area (Å²) in [7, 11) is 1.72. The molecule has 0 spiro atoms. The largest absolute Gasteiger partial charge is 0.493 e. The van der Waals surface area contributed by atoms with Crippen molar-refractivity contribution >= 4 is 28.7 Å². The molecular weight excluding hydrogens is 396 g/mol. The van der Waals surface area contributed by atoms with E-state index in [1.165, 1.54) is 56.9 Å². The van der Waals surface area contributed by atoms with Crippen molar-refractivity contribution in [3.63, 3.8) is 0 Å². The molecule has 0 atom stereocenters. The lowest BCUT2D eigenvalue weighted by Gasteiger charge is -2.56. The van der Waals surface area contributed by atoms with E-state index in [1.54, 1.807) is 19.1 Å². The van der Waals surface area contributed by atoms with Crippen LogP contribution in [0.3, 0.4) is 0 Å². The molecule has 5 nitrogen and oxygen atoms in total. The Bertz CT molecular complexity index is 887. The first-order valence-corrected chi connectivity index (χ1v) is 12.6. The Balaban J connectivity index is 1.22. The average molecular weight is 429 g/mol. The Morgan fingerprint density at radius 3 is 2.53 bits per heavy atom. The number of nitrogens with zero attached hydrogens (tertiary/aromatic N) is 1. The third-order valence-corrected chi connectivity index (χ3v) is 8.59. The number of aromatic nitrogens is 1. The molecular formula is C24H32N2O3S. The van der Waals surface area contributed by atoms with Crippen LogP contribution < -0.4 is 9.46 Å². The van der Waals surface area contributed by atoms with Gasteiger partial charge in [-0.2, -0.15) is 0 Å². The molecule has 1 aromatic heterocycles. The van der Waals surface area contributed by atoms with Crippen molar-refractivity contribution in [3.8, 4) is 5.75 Å². The van der Waals surface area contributed by atoms with Gasteiger partial charge in [-0.25, -0.2) is 0 Å². The predicted octanol–water partition coefficient (Wildman–Crippen LogP) is 6.01. The summed E-state index contributed by atoms with van der Waals surface area (Å²) in [5.74, 6) is 6.23. The van der Waals surface area contributed by atoms with E-state index in [4.69, 9.17) is 14.0 Å². The lowest BCUT2D eigenvalue weighted by atomic mass is 9.50. The summed E-state index contributed by atoms with van der Waals surface area (Å²) in [4.78, 5) is 0. The number of hydrogen-bond donors (Lipinski definition) is 1. The first-order valence-electron chi connectivity index (χ1n) is 11.6. The van der Waals surface area contributed by atoms with Crippen molar-refractivity contribution in [1.29, 1.82) is 0 Å². The van der Waals surface area contributed by atoms with Gasteiger partial charge >= 0.3 is 0 Å². The van der Waals surface area contributed by atoms with Gasteiger partial charge in [0.2, 0.25) is 0 Å². The summed E-state index contributed by atoms with van der Waals surface area (Å²) in [6.07, 6.45) is 11.1. The molecule has 5 aliphatic rings. The lowest BCUT2D eigenvalue weighted by molar-refractivity contribution is -0.0746. The van der Waals surface area contributed by atoms with E-state index in [9.17, 15) is 0 Å². The maximum atomic E-state index is 6.62. The van der Waals surface area contributed by atoms with Gasteiger partial charge in [-0.1, -0.05) is 5.16 Å². The number of benzene rings is 1. The van der Waals surface area contributed by atoms with Crippen LogP contribution in [0.5, 0.6) is 5.75 Å². The van der Waals surface area contributed by atoms with E-state index < -0.39 is 0 Å². The molecule has 0 unspecified atom stereocenters. The van der Waals surface area contributed by atoms with Gasteiger partial charge in [0, 0.05) is 24.3 Å². The van der Waals surface area contributed by atoms with Crippen LogP contribution in [0.4, 0.5) is 5.82 Å². The maximum absolute atomic E-state index is 6.62. The van der Waals surface area contributed by atoms with Gasteiger partial charge in [-0.15, -0.1) is 0 Å². The van der Waals surface area contributed by atoms with Gasteiger partial charge in [0.1, 0.15) is 5.75 Å². The highest BCUT2D eigenvalue weighted by Crippen LogP contribution is 2.60. The van der Waals surface area contributed by atoms with Crippen LogP contribution >= 0.6 is 11.9 Å². The summed E-state index contributed by atoms with van der Waals surface area (Å²) in [6, 6.07) is 4.36. The smallest absolute Gasteiger partial charge is 0.187 e. The highest BCUT2D eigenvalue weighted by atomic mass is 32.2. The Hall–Kier alpha value is -1.40. The van der Waals surface area contributed by atoms with Crippen LogP contribution in [0, 0.1) is 23.2 Å². The minimum absolute atomic E-state index is 0.427. The summed E-state index contributed by atoms with van der Waals surface area (Å²) in [5.41, 5.74) is 2.59. The van der Waals surface area contributed by atoms with Crippen molar-refractivity contribution in [2.24, 2.45) is 23.2 Å². The molecule has 0 radical (unpaired) electrons. The number of rotatable bonds is 9. The van der Waals surface area contributed by atoms with Gasteiger partial charge < -0.3 is 18.7 Å². The Morgan fingerprint density at radius 2 is 1.87 bits per heavy atom. The molecule has 30 heavy (non-hydrogen) atoms. The third kappa shape index (κ3) is 3.60. The molecule has 162 valence electrons. The number of fused-ring (bicyclic) bond motifs is 1. The molecule has 1 N–H and O–H groups in total. The van der Waals surface area contributed by atoms with E-state index in [0.717, 1.165) is 52.7 Å². The number of anilines is 1. The summed E-state index contributed by atoms with van der Waals surface area (Å²) >= 11 is 1.60. The summed E-state index contributed by atoms with van der Waals surface area (Å²) in [5, 5.41) is 5.33. The van der Waals surface area contributed by atoms with Crippen LogP contribution in [0.25, 0.3) is 11.0 Å². The zero-order valence-corrected chi connectivity index (χ0v) is 18.6. The van der Waals surface area contributed by atoms with Crippen LogP contribution in [-0.2, 0) is 4.74 Å². The summed E-state index contributed by atoms with van der Waals surface area (Å²) < 4.78 is 20.7. The molecule has 7 rings (SSSR count). The number of nitrogens with one attached hydrogen (secondary N) is 1. The average Bonchev–Trinajstić information content (AvgIpc) is 3.49. The Kier molecular flexibility index (Phi) is 4.91. The fourth-order valence-electron chi connectivity index (χ4n) is 6.84. The van der Waals surface area contributed by atoms with Gasteiger partial charge in [0.05, 0.1) is 18.6 Å². The predicted molar refractivity (Wildman–Crippen MR) is 120 cm³/mol. The monoisotopic (exact) mass is 428 g/mol. The van der Waals surface area contributed by atoms with Crippen LogP contribution in [0.1, 0.15) is 62.8 Å². The molecule has 5 saturated carbocycles. The SMILES string of the molecule is COCCSNc1noc2cc(OCC34CC5CC(CC(C5)C3)C4)c(C3CC3)cc12. The highest BCUT2D eigenvalue weighted by molar-refractivity contribution is 8.00. The molecule has 2 aromatic rings. The van der Waals surface area contributed by atoms with E-state index in [-0.39, 0.29) is 0 Å². The Labute approximate surface area is 182 Å². The standard InChI is InChI=1S/C24H32N2O3S/c1-27-4-5-30-26-23-20-9-19(18-2-3-18)21(10-22(20)29-25-23)28-14-24-11-15-6-16(12-24)8-17(7-15)13-24/h9-10,15-18H,2-8,11-14H2,1H3,(H,25,26). The lowest BCUT2D eigenvalue weighted by Crippen LogP contribution is -2.48. The molecule has 0 saturated heterocycles. The van der Waals surface area contributed by atoms with E-state index >= 15 is 0 Å².